The molecule has 1 fully saturated rings. The number of anilines is 1. The van der Waals surface area contributed by atoms with Crippen LogP contribution in [0.2, 0.25) is 0 Å². The normalized spacial score (nSPS) is 23.7. The van der Waals surface area contributed by atoms with Gasteiger partial charge in [0.25, 0.3) is 0 Å². The highest BCUT2D eigenvalue weighted by atomic mass is 16.5. The number of ether oxygens (including phenoxy) is 1. The number of nitrogens with one attached hydrogen (secondary N) is 1. The molecule has 0 saturated heterocycles. The van der Waals surface area contributed by atoms with Crippen LogP contribution in [0.1, 0.15) is 45.1 Å². The van der Waals surface area contributed by atoms with Gasteiger partial charge < -0.3 is 10.1 Å². The van der Waals surface area contributed by atoms with Gasteiger partial charge in [-0.15, -0.1) is 0 Å². The lowest BCUT2D eigenvalue weighted by molar-refractivity contribution is 0.340. The van der Waals surface area contributed by atoms with E-state index >= 15 is 0 Å². The third-order valence-corrected chi connectivity index (χ3v) is 3.88. The van der Waals surface area contributed by atoms with Gasteiger partial charge in [0.2, 0.25) is 0 Å². The molecule has 100 valence electrons. The molecule has 0 radical (unpaired) electrons. The third-order valence-electron chi connectivity index (χ3n) is 3.88. The number of hydrogen-bond donors (Lipinski definition) is 1. The molecular formula is C16H25NO. The zero-order valence-corrected chi connectivity index (χ0v) is 11.8. The Labute approximate surface area is 111 Å². The van der Waals surface area contributed by atoms with Crippen LogP contribution < -0.4 is 10.1 Å². The minimum Gasteiger partial charge on any atom is -0.494 e. The number of benzene rings is 1. The lowest BCUT2D eigenvalue weighted by atomic mass is 9.87. The Morgan fingerprint density at radius 3 is 2.56 bits per heavy atom. The van der Waals surface area contributed by atoms with Gasteiger partial charge in [0.05, 0.1) is 6.61 Å². The van der Waals surface area contributed by atoms with E-state index < -0.39 is 0 Å². The van der Waals surface area contributed by atoms with Crippen molar-refractivity contribution < 1.29 is 4.74 Å². The highest BCUT2D eigenvalue weighted by Gasteiger charge is 2.18. The lowest BCUT2D eigenvalue weighted by Gasteiger charge is -2.28. The molecule has 0 aromatic heterocycles. The Morgan fingerprint density at radius 2 is 1.94 bits per heavy atom. The van der Waals surface area contributed by atoms with E-state index in [0.717, 1.165) is 18.3 Å². The summed E-state index contributed by atoms with van der Waals surface area (Å²) in [6.07, 6.45) is 5.31. The first-order valence-corrected chi connectivity index (χ1v) is 7.19. The minimum atomic E-state index is 0.651. The van der Waals surface area contributed by atoms with Crippen molar-refractivity contribution in [1.82, 2.24) is 0 Å². The van der Waals surface area contributed by atoms with Gasteiger partial charge in [-0.25, -0.2) is 0 Å². The molecule has 1 saturated carbocycles. The molecule has 1 aliphatic rings. The van der Waals surface area contributed by atoms with Gasteiger partial charge in [-0.05, 0) is 69.2 Å². The number of aryl methyl sites for hydroxylation is 1. The van der Waals surface area contributed by atoms with Gasteiger partial charge in [-0.2, -0.15) is 0 Å². The summed E-state index contributed by atoms with van der Waals surface area (Å²) in [5.74, 6) is 1.88. The topological polar surface area (TPSA) is 21.3 Å². The van der Waals surface area contributed by atoms with E-state index in [2.05, 4.69) is 37.4 Å². The largest absolute Gasteiger partial charge is 0.494 e. The summed E-state index contributed by atoms with van der Waals surface area (Å²) in [6.45, 7) is 7.26. The summed E-state index contributed by atoms with van der Waals surface area (Å²) in [5.41, 5.74) is 2.54. The molecule has 1 N–H and O–H groups in total. The van der Waals surface area contributed by atoms with Crippen LogP contribution in [0.4, 0.5) is 5.69 Å². The van der Waals surface area contributed by atoms with Crippen LogP contribution in [0, 0.1) is 12.8 Å². The minimum absolute atomic E-state index is 0.651. The predicted molar refractivity (Wildman–Crippen MR) is 77.4 cm³/mol. The Morgan fingerprint density at radius 1 is 1.22 bits per heavy atom. The van der Waals surface area contributed by atoms with Crippen molar-refractivity contribution in [3.63, 3.8) is 0 Å². The SMILES string of the molecule is CCOc1ccc(NC2CCC(C)CC2)c(C)c1. The Hall–Kier alpha value is -1.18. The molecule has 2 rings (SSSR count). The maximum Gasteiger partial charge on any atom is 0.119 e. The first-order chi connectivity index (χ1) is 8.69. The first kappa shape index (κ1) is 13.3. The molecule has 1 aliphatic carbocycles. The van der Waals surface area contributed by atoms with Crippen molar-refractivity contribution in [1.29, 1.82) is 0 Å². The van der Waals surface area contributed by atoms with Crippen molar-refractivity contribution >= 4 is 5.69 Å². The fourth-order valence-corrected chi connectivity index (χ4v) is 2.68. The molecule has 0 atom stereocenters. The van der Waals surface area contributed by atoms with Crippen LogP contribution >= 0.6 is 0 Å². The van der Waals surface area contributed by atoms with E-state index in [9.17, 15) is 0 Å². The molecule has 0 spiro atoms. The second-order valence-electron chi connectivity index (χ2n) is 5.51. The maximum atomic E-state index is 5.52. The molecule has 18 heavy (non-hydrogen) atoms. The molecule has 0 aliphatic heterocycles. The van der Waals surface area contributed by atoms with E-state index in [-0.39, 0.29) is 0 Å². The quantitative estimate of drug-likeness (QED) is 0.852. The number of hydrogen-bond acceptors (Lipinski definition) is 2. The Bertz CT molecular complexity index is 381. The van der Waals surface area contributed by atoms with Crippen molar-refractivity contribution in [2.45, 2.75) is 52.5 Å². The molecule has 0 heterocycles. The first-order valence-electron chi connectivity index (χ1n) is 7.19. The fourth-order valence-electron chi connectivity index (χ4n) is 2.68. The monoisotopic (exact) mass is 247 g/mol. The van der Waals surface area contributed by atoms with Crippen molar-refractivity contribution in [3.05, 3.63) is 23.8 Å². The molecule has 1 aromatic carbocycles. The smallest absolute Gasteiger partial charge is 0.119 e. The average Bonchev–Trinajstić information content (AvgIpc) is 2.36. The second kappa shape index (κ2) is 6.12. The van der Waals surface area contributed by atoms with Crippen LogP contribution in [-0.2, 0) is 0 Å². The molecule has 0 amide bonds. The summed E-state index contributed by atoms with van der Waals surface area (Å²) in [6, 6.07) is 6.98. The van der Waals surface area contributed by atoms with E-state index in [1.807, 2.05) is 6.92 Å². The van der Waals surface area contributed by atoms with Gasteiger partial charge in [-0.3, -0.25) is 0 Å². The highest BCUT2D eigenvalue weighted by Crippen LogP contribution is 2.28. The lowest BCUT2D eigenvalue weighted by Crippen LogP contribution is -2.25. The molecule has 1 aromatic rings. The van der Waals surface area contributed by atoms with Crippen molar-refractivity contribution in [2.75, 3.05) is 11.9 Å². The summed E-state index contributed by atoms with van der Waals surface area (Å²) in [5, 5.41) is 3.68. The summed E-state index contributed by atoms with van der Waals surface area (Å²) >= 11 is 0. The van der Waals surface area contributed by atoms with Crippen LogP contribution in [0.25, 0.3) is 0 Å². The predicted octanol–water partition coefficient (Wildman–Crippen LogP) is 4.38. The fraction of sp³-hybridized carbons (Fsp3) is 0.625. The van der Waals surface area contributed by atoms with Gasteiger partial charge >= 0.3 is 0 Å². The van der Waals surface area contributed by atoms with Crippen molar-refractivity contribution in [3.8, 4) is 5.75 Å². The summed E-state index contributed by atoms with van der Waals surface area (Å²) in [4.78, 5) is 0. The van der Waals surface area contributed by atoms with Crippen LogP contribution in [-0.4, -0.2) is 12.6 Å². The van der Waals surface area contributed by atoms with Crippen LogP contribution in [0.3, 0.4) is 0 Å². The van der Waals surface area contributed by atoms with Gasteiger partial charge in [-0.1, -0.05) is 6.92 Å². The Kier molecular flexibility index (Phi) is 4.51. The van der Waals surface area contributed by atoms with Gasteiger partial charge in [0.1, 0.15) is 5.75 Å². The summed E-state index contributed by atoms with van der Waals surface area (Å²) in [7, 11) is 0. The Balaban J connectivity index is 1.96. The maximum absolute atomic E-state index is 5.52. The van der Waals surface area contributed by atoms with Crippen LogP contribution in [0.5, 0.6) is 5.75 Å². The van der Waals surface area contributed by atoms with Gasteiger partial charge in [0, 0.05) is 11.7 Å². The number of rotatable bonds is 4. The van der Waals surface area contributed by atoms with Gasteiger partial charge in [0.15, 0.2) is 0 Å². The molecule has 2 nitrogen and oxygen atoms in total. The molecule has 2 heteroatoms. The van der Waals surface area contributed by atoms with Crippen LogP contribution in [0.15, 0.2) is 18.2 Å². The van der Waals surface area contributed by atoms with Crippen molar-refractivity contribution in [2.24, 2.45) is 5.92 Å². The standard InChI is InChI=1S/C16H25NO/c1-4-18-15-9-10-16(13(3)11-15)17-14-7-5-12(2)6-8-14/h9-12,14,17H,4-8H2,1-3H3. The molecule has 0 bridgehead atoms. The van der Waals surface area contributed by atoms with E-state index in [1.54, 1.807) is 0 Å². The third kappa shape index (κ3) is 3.41. The zero-order chi connectivity index (χ0) is 13.0. The zero-order valence-electron chi connectivity index (χ0n) is 11.8. The highest BCUT2D eigenvalue weighted by molar-refractivity contribution is 5.54. The summed E-state index contributed by atoms with van der Waals surface area (Å²) < 4.78 is 5.52. The molecule has 0 unspecified atom stereocenters. The molecular weight excluding hydrogens is 222 g/mol. The van der Waals surface area contributed by atoms with E-state index in [0.29, 0.717) is 6.04 Å². The van der Waals surface area contributed by atoms with E-state index in [1.165, 1.54) is 36.9 Å². The average molecular weight is 247 g/mol. The second-order valence-corrected chi connectivity index (χ2v) is 5.51. The van der Waals surface area contributed by atoms with E-state index in [4.69, 9.17) is 4.74 Å².